The van der Waals surface area contributed by atoms with Gasteiger partial charge in [-0.3, -0.25) is 9.78 Å². The minimum atomic E-state index is -0.0840. The number of pyridine rings is 1. The molecule has 1 aromatic heterocycles. The summed E-state index contributed by atoms with van der Waals surface area (Å²) in [5.74, 6) is 0.0120. The summed E-state index contributed by atoms with van der Waals surface area (Å²) < 4.78 is 16.9. The van der Waals surface area contributed by atoms with Gasteiger partial charge in [-0.2, -0.15) is 0 Å². The molecule has 2 aliphatic heterocycles. The van der Waals surface area contributed by atoms with Crippen molar-refractivity contribution in [1.29, 1.82) is 0 Å². The molecule has 1 aromatic rings. The summed E-state index contributed by atoms with van der Waals surface area (Å²) in [5, 5.41) is 0. The number of carbonyl (C=O) groups is 1. The molecule has 3 atom stereocenters. The summed E-state index contributed by atoms with van der Waals surface area (Å²) >= 11 is 0. The van der Waals surface area contributed by atoms with Gasteiger partial charge < -0.3 is 19.1 Å². The van der Waals surface area contributed by atoms with E-state index in [1.165, 1.54) is 0 Å². The highest BCUT2D eigenvalue weighted by Gasteiger charge is 2.46. The van der Waals surface area contributed by atoms with Gasteiger partial charge >= 0.3 is 0 Å². The number of rotatable bonds is 5. The highest BCUT2D eigenvalue weighted by Crippen LogP contribution is 2.31. The van der Waals surface area contributed by atoms with Crippen LogP contribution in [-0.2, 0) is 25.6 Å². The lowest BCUT2D eigenvalue weighted by molar-refractivity contribution is -0.138. The fraction of sp³-hybridized carbons (Fsp3) is 0.625. The molecule has 0 aromatic carbocycles. The third-order valence-corrected chi connectivity index (χ3v) is 4.28. The molecule has 3 heterocycles. The van der Waals surface area contributed by atoms with Crippen molar-refractivity contribution in [3.05, 3.63) is 30.1 Å². The number of likely N-dealkylation sites (tertiary alicyclic amines) is 1. The van der Waals surface area contributed by atoms with E-state index in [2.05, 4.69) is 4.98 Å². The number of aromatic nitrogens is 1. The maximum atomic E-state index is 12.2. The Labute approximate surface area is 130 Å². The van der Waals surface area contributed by atoms with Gasteiger partial charge in [-0.15, -0.1) is 0 Å². The normalized spacial score (nSPS) is 27.7. The number of hydrogen-bond acceptors (Lipinski definition) is 5. The minimum absolute atomic E-state index is 0.0120. The first-order valence-corrected chi connectivity index (χ1v) is 7.70. The van der Waals surface area contributed by atoms with Gasteiger partial charge in [0.05, 0.1) is 12.6 Å². The van der Waals surface area contributed by atoms with Gasteiger partial charge in [-0.1, -0.05) is 0 Å². The SMILES string of the molecule is COCC(=O)N1C[C@@H](OCc2ccncc2)[C@@H]2OCCC[C@@H]21. The molecule has 2 aliphatic rings. The molecule has 0 radical (unpaired) electrons. The quantitative estimate of drug-likeness (QED) is 0.812. The molecule has 2 fully saturated rings. The standard InChI is InChI=1S/C16H22N2O4/c1-20-11-15(19)18-9-14(16-13(18)3-2-8-21-16)22-10-12-4-6-17-7-5-12/h4-7,13-14,16H,2-3,8-11H2,1H3/t13-,14+,16+/m0/s1. The third kappa shape index (κ3) is 3.29. The molecule has 2 saturated heterocycles. The fourth-order valence-corrected chi connectivity index (χ4v) is 3.23. The Bertz CT molecular complexity index is 496. The number of methoxy groups -OCH3 is 1. The molecule has 6 nitrogen and oxygen atoms in total. The second kappa shape index (κ2) is 7.17. The zero-order valence-electron chi connectivity index (χ0n) is 12.8. The average molecular weight is 306 g/mol. The molecular formula is C16H22N2O4. The van der Waals surface area contributed by atoms with Crippen LogP contribution in [0.5, 0.6) is 0 Å². The summed E-state index contributed by atoms with van der Waals surface area (Å²) in [5.41, 5.74) is 1.07. The molecule has 0 spiro atoms. The molecule has 0 unspecified atom stereocenters. The maximum absolute atomic E-state index is 12.2. The number of carbonyl (C=O) groups excluding carboxylic acids is 1. The van der Waals surface area contributed by atoms with Gasteiger partial charge in [-0.25, -0.2) is 0 Å². The monoisotopic (exact) mass is 306 g/mol. The van der Waals surface area contributed by atoms with E-state index in [1.54, 1.807) is 19.5 Å². The van der Waals surface area contributed by atoms with Gasteiger partial charge in [0.1, 0.15) is 18.8 Å². The van der Waals surface area contributed by atoms with E-state index >= 15 is 0 Å². The molecule has 120 valence electrons. The maximum Gasteiger partial charge on any atom is 0.248 e. The minimum Gasteiger partial charge on any atom is -0.375 e. The van der Waals surface area contributed by atoms with Crippen LogP contribution in [0.25, 0.3) is 0 Å². The number of amides is 1. The molecule has 0 aliphatic carbocycles. The Kier molecular flexibility index (Phi) is 5.02. The Morgan fingerprint density at radius 3 is 3.05 bits per heavy atom. The second-order valence-corrected chi connectivity index (χ2v) is 5.73. The van der Waals surface area contributed by atoms with Crippen molar-refractivity contribution in [2.75, 3.05) is 26.9 Å². The van der Waals surface area contributed by atoms with Crippen molar-refractivity contribution < 1.29 is 19.0 Å². The first kappa shape index (κ1) is 15.4. The van der Waals surface area contributed by atoms with Crippen molar-refractivity contribution in [3.8, 4) is 0 Å². The van der Waals surface area contributed by atoms with Crippen LogP contribution >= 0.6 is 0 Å². The van der Waals surface area contributed by atoms with E-state index in [4.69, 9.17) is 14.2 Å². The summed E-state index contributed by atoms with van der Waals surface area (Å²) in [4.78, 5) is 18.1. The van der Waals surface area contributed by atoms with Crippen molar-refractivity contribution in [1.82, 2.24) is 9.88 Å². The van der Waals surface area contributed by atoms with Crippen LogP contribution in [0.1, 0.15) is 18.4 Å². The van der Waals surface area contributed by atoms with Crippen LogP contribution in [0, 0.1) is 0 Å². The van der Waals surface area contributed by atoms with Crippen molar-refractivity contribution in [2.45, 2.75) is 37.7 Å². The topological polar surface area (TPSA) is 60.9 Å². The van der Waals surface area contributed by atoms with Crippen molar-refractivity contribution >= 4 is 5.91 Å². The van der Waals surface area contributed by atoms with E-state index in [0.29, 0.717) is 13.2 Å². The van der Waals surface area contributed by atoms with E-state index in [1.807, 2.05) is 17.0 Å². The predicted octanol–water partition coefficient (Wildman–Crippen LogP) is 1.00. The molecule has 3 rings (SSSR count). The lowest BCUT2D eigenvalue weighted by Crippen LogP contribution is -2.44. The van der Waals surface area contributed by atoms with Crippen LogP contribution < -0.4 is 0 Å². The van der Waals surface area contributed by atoms with Crippen LogP contribution in [-0.4, -0.2) is 60.9 Å². The lowest BCUT2D eigenvalue weighted by atomic mass is 10.0. The van der Waals surface area contributed by atoms with Gasteiger partial charge in [0, 0.05) is 32.7 Å². The lowest BCUT2D eigenvalue weighted by Gasteiger charge is -2.32. The Morgan fingerprint density at radius 1 is 1.45 bits per heavy atom. The van der Waals surface area contributed by atoms with Gasteiger partial charge in [-0.05, 0) is 30.5 Å². The highest BCUT2D eigenvalue weighted by atomic mass is 16.5. The molecule has 0 N–H and O–H groups in total. The summed E-state index contributed by atoms with van der Waals surface area (Å²) in [6, 6.07) is 3.98. The molecule has 1 amide bonds. The number of hydrogen-bond donors (Lipinski definition) is 0. The largest absolute Gasteiger partial charge is 0.375 e. The second-order valence-electron chi connectivity index (χ2n) is 5.73. The molecule has 0 bridgehead atoms. The third-order valence-electron chi connectivity index (χ3n) is 4.28. The zero-order chi connectivity index (χ0) is 15.4. The van der Waals surface area contributed by atoms with E-state index < -0.39 is 0 Å². The predicted molar refractivity (Wildman–Crippen MR) is 79.2 cm³/mol. The Morgan fingerprint density at radius 2 is 2.27 bits per heavy atom. The number of ether oxygens (including phenoxy) is 3. The first-order valence-electron chi connectivity index (χ1n) is 7.70. The van der Waals surface area contributed by atoms with Crippen LogP contribution in [0.4, 0.5) is 0 Å². The number of fused-ring (bicyclic) bond motifs is 1. The van der Waals surface area contributed by atoms with Crippen LogP contribution in [0.15, 0.2) is 24.5 Å². The Hall–Kier alpha value is -1.50. The molecular weight excluding hydrogens is 284 g/mol. The van der Waals surface area contributed by atoms with Gasteiger partial charge in [0.15, 0.2) is 0 Å². The van der Waals surface area contributed by atoms with Gasteiger partial charge in [0.25, 0.3) is 0 Å². The smallest absolute Gasteiger partial charge is 0.248 e. The van der Waals surface area contributed by atoms with Gasteiger partial charge in [0.2, 0.25) is 5.91 Å². The summed E-state index contributed by atoms with van der Waals surface area (Å²) in [7, 11) is 1.54. The fourth-order valence-electron chi connectivity index (χ4n) is 3.23. The van der Waals surface area contributed by atoms with E-state index in [-0.39, 0.29) is 30.8 Å². The zero-order valence-corrected chi connectivity index (χ0v) is 12.8. The summed E-state index contributed by atoms with van der Waals surface area (Å²) in [6.07, 6.45) is 5.34. The van der Waals surface area contributed by atoms with Crippen LogP contribution in [0.3, 0.4) is 0 Å². The van der Waals surface area contributed by atoms with Crippen molar-refractivity contribution in [2.24, 2.45) is 0 Å². The molecule has 0 saturated carbocycles. The average Bonchev–Trinajstić information content (AvgIpc) is 2.93. The van der Waals surface area contributed by atoms with Crippen LogP contribution in [0.2, 0.25) is 0 Å². The summed E-state index contributed by atoms with van der Waals surface area (Å²) in [6.45, 7) is 1.93. The van der Waals surface area contributed by atoms with E-state index in [9.17, 15) is 4.79 Å². The molecule has 6 heteroatoms. The Balaban J connectivity index is 1.64. The highest BCUT2D eigenvalue weighted by molar-refractivity contribution is 5.78. The number of nitrogens with zero attached hydrogens (tertiary/aromatic N) is 2. The first-order chi connectivity index (χ1) is 10.8. The molecule has 22 heavy (non-hydrogen) atoms. The van der Waals surface area contributed by atoms with Crippen molar-refractivity contribution in [3.63, 3.8) is 0 Å². The van der Waals surface area contributed by atoms with E-state index in [0.717, 1.165) is 25.0 Å².